The summed E-state index contributed by atoms with van der Waals surface area (Å²) in [6, 6.07) is 0. The molecule has 20 heavy (non-hydrogen) atoms. The number of aryl methyl sites for hydroxylation is 2. The van der Waals surface area contributed by atoms with Gasteiger partial charge in [0, 0.05) is 27.2 Å². The van der Waals surface area contributed by atoms with Crippen molar-refractivity contribution >= 4 is 28.3 Å². The van der Waals surface area contributed by atoms with Crippen molar-refractivity contribution < 1.29 is 4.79 Å². The number of carbonyl (C=O) groups excluding carboxylic acids is 1. The average Bonchev–Trinajstić information content (AvgIpc) is 2.79. The van der Waals surface area contributed by atoms with Gasteiger partial charge in [0.1, 0.15) is 0 Å². The number of nitrogens with zero attached hydrogens (tertiary/aromatic N) is 4. The van der Waals surface area contributed by atoms with Gasteiger partial charge in [-0.25, -0.2) is 15.0 Å². The van der Waals surface area contributed by atoms with Crippen LogP contribution in [-0.4, -0.2) is 35.0 Å². The molecule has 1 amide bonds. The Morgan fingerprint density at radius 1 is 1.35 bits per heavy atom. The number of anilines is 2. The highest BCUT2D eigenvalue weighted by Gasteiger charge is 2.23. The molecular formula is C13H15N5OS. The fourth-order valence-electron chi connectivity index (χ4n) is 2.16. The summed E-state index contributed by atoms with van der Waals surface area (Å²) in [5.41, 5.74) is 3.09. The Kier molecular flexibility index (Phi) is 3.13. The maximum absolute atomic E-state index is 11.1. The molecule has 2 aromatic rings. The summed E-state index contributed by atoms with van der Waals surface area (Å²) in [7, 11) is 3.84. The highest BCUT2D eigenvalue weighted by atomic mass is 32.1. The minimum atomic E-state index is -0.104. The molecule has 0 aromatic carbocycles. The molecule has 0 fully saturated rings. The second-order valence-electron chi connectivity index (χ2n) is 4.91. The number of thiazole rings is 1. The summed E-state index contributed by atoms with van der Waals surface area (Å²) in [5.74, 6) is 0.582. The summed E-state index contributed by atoms with van der Waals surface area (Å²) < 4.78 is 0. The van der Waals surface area contributed by atoms with Crippen LogP contribution in [-0.2, 0) is 17.6 Å². The van der Waals surface area contributed by atoms with Crippen molar-refractivity contribution in [2.24, 2.45) is 0 Å². The second kappa shape index (κ2) is 4.82. The lowest BCUT2D eigenvalue weighted by molar-refractivity contribution is -0.114. The topological polar surface area (TPSA) is 71.0 Å². The molecule has 1 aliphatic carbocycles. The van der Waals surface area contributed by atoms with Crippen LogP contribution in [0.15, 0.2) is 6.20 Å². The highest BCUT2D eigenvalue weighted by molar-refractivity contribution is 7.19. The van der Waals surface area contributed by atoms with Gasteiger partial charge < -0.3 is 10.2 Å². The predicted molar refractivity (Wildman–Crippen MR) is 79.2 cm³/mol. The van der Waals surface area contributed by atoms with Gasteiger partial charge in [0.2, 0.25) is 11.9 Å². The fourth-order valence-corrected chi connectivity index (χ4v) is 3.24. The average molecular weight is 289 g/mol. The van der Waals surface area contributed by atoms with Crippen molar-refractivity contribution in [1.82, 2.24) is 15.0 Å². The number of hydrogen-bond acceptors (Lipinski definition) is 6. The molecule has 0 saturated heterocycles. The molecule has 1 aliphatic rings. The Hall–Kier alpha value is -2.02. The molecule has 0 spiro atoms. The minimum absolute atomic E-state index is 0.104. The first-order valence-corrected chi connectivity index (χ1v) is 7.17. The quantitative estimate of drug-likeness (QED) is 0.911. The predicted octanol–water partition coefficient (Wildman–Crippen LogP) is 1.72. The smallest absolute Gasteiger partial charge is 0.225 e. The zero-order valence-corrected chi connectivity index (χ0v) is 12.4. The summed E-state index contributed by atoms with van der Waals surface area (Å²) in [4.78, 5) is 27.5. The lowest BCUT2D eigenvalue weighted by atomic mass is 10.00. The Morgan fingerprint density at radius 2 is 2.15 bits per heavy atom. The number of fused-ring (bicyclic) bond motifs is 3. The molecule has 3 rings (SSSR count). The third-order valence-corrected chi connectivity index (χ3v) is 4.10. The molecular weight excluding hydrogens is 274 g/mol. The molecule has 0 saturated carbocycles. The van der Waals surface area contributed by atoms with Crippen LogP contribution in [0.1, 0.15) is 18.2 Å². The van der Waals surface area contributed by atoms with Gasteiger partial charge in [0.15, 0.2) is 5.13 Å². The van der Waals surface area contributed by atoms with E-state index in [1.165, 1.54) is 18.3 Å². The van der Waals surface area contributed by atoms with E-state index in [2.05, 4.69) is 20.3 Å². The first-order chi connectivity index (χ1) is 9.54. The van der Waals surface area contributed by atoms with Gasteiger partial charge >= 0.3 is 0 Å². The van der Waals surface area contributed by atoms with Crippen molar-refractivity contribution in [1.29, 1.82) is 0 Å². The van der Waals surface area contributed by atoms with E-state index in [1.54, 1.807) is 0 Å². The number of amides is 1. The lowest BCUT2D eigenvalue weighted by Crippen LogP contribution is -2.15. The van der Waals surface area contributed by atoms with E-state index in [0.29, 0.717) is 11.1 Å². The maximum atomic E-state index is 11.1. The largest absolute Gasteiger partial charge is 0.347 e. The van der Waals surface area contributed by atoms with Gasteiger partial charge in [-0.05, 0) is 18.4 Å². The van der Waals surface area contributed by atoms with Gasteiger partial charge in [0.05, 0.1) is 16.3 Å². The highest BCUT2D eigenvalue weighted by Crippen LogP contribution is 2.38. The van der Waals surface area contributed by atoms with E-state index in [4.69, 9.17) is 0 Å². The van der Waals surface area contributed by atoms with Crippen LogP contribution in [0.25, 0.3) is 10.6 Å². The summed E-state index contributed by atoms with van der Waals surface area (Å²) in [5, 5.41) is 3.38. The molecule has 0 bridgehead atoms. The second-order valence-corrected chi connectivity index (χ2v) is 5.91. The van der Waals surface area contributed by atoms with E-state index in [1.807, 2.05) is 25.2 Å². The zero-order chi connectivity index (χ0) is 14.3. The molecule has 0 unspecified atom stereocenters. The van der Waals surface area contributed by atoms with Gasteiger partial charge in [-0.2, -0.15) is 0 Å². The van der Waals surface area contributed by atoms with E-state index < -0.39 is 0 Å². The van der Waals surface area contributed by atoms with Crippen LogP contribution >= 0.6 is 11.3 Å². The number of aromatic nitrogens is 3. The van der Waals surface area contributed by atoms with Gasteiger partial charge in [-0.15, -0.1) is 0 Å². The van der Waals surface area contributed by atoms with Gasteiger partial charge in [0.25, 0.3) is 0 Å². The fraction of sp³-hybridized carbons (Fsp3) is 0.385. The molecule has 0 atom stereocenters. The van der Waals surface area contributed by atoms with Crippen molar-refractivity contribution in [3.8, 4) is 10.6 Å². The first kappa shape index (κ1) is 13.0. The van der Waals surface area contributed by atoms with E-state index in [0.717, 1.165) is 34.7 Å². The van der Waals surface area contributed by atoms with Gasteiger partial charge in [-0.3, -0.25) is 4.79 Å². The first-order valence-electron chi connectivity index (χ1n) is 6.35. The lowest BCUT2D eigenvalue weighted by Gasteiger charge is -2.16. The molecule has 2 aromatic heterocycles. The minimum Gasteiger partial charge on any atom is -0.347 e. The SMILES string of the molecule is CC(=O)Nc1nc2c(s1)-c1nc(N(C)C)ncc1CC2. The van der Waals surface area contributed by atoms with E-state index in [-0.39, 0.29) is 5.91 Å². The molecule has 6 nitrogen and oxygen atoms in total. The van der Waals surface area contributed by atoms with Crippen LogP contribution < -0.4 is 10.2 Å². The third kappa shape index (κ3) is 2.24. The zero-order valence-electron chi connectivity index (χ0n) is 11.6. The summed E-state index contributed by atoms with van der Waals surface area (Å²) in [6.07, 6.45) is 3.64. The van der Waals surface area contributed by atoms with Gasteiger partial charge in [-0.1, -0.05) is 11.3 Å². The number of hydrogen-bond donors (Lipinski definition) is 1. The van der Waals surface area contributed by atoms with E-state index >= 15 is 0 Å². The molecule has 7 heteroatoms. The monoisotopic (exact) mass is 289 g/mol. The van der Waals surface area contributed by atoms with Crippen molar-refractivity contribution in [2.75, 3.05) is 24.3 Å². The van der Waals surface area contributed by atoms with Crippen LogP contribution in [0.5, 0.6) is 0 Å². The Morgan fingerprint density at radius 3 is 2.85 bits per heavy atom. The summed E-state index contributed by atoms with van der Waals surface area (Å²) >= 11 is 1.47. The van der Waals surface area contributed by atoms with Crippen LogP contribution in [0.3, 0.4) is 0 Å². The molecule has 1 N–H and O–H groups in total. The third-order valence-electron chi connectivity index (χ3n) is 3.08. The van der Waals surface area contributed by atoms with Crippen LogP contribution in [0, 0.1) is 0 Å². The van der Waals surface area contributed by atoms with E-state index in [9.17, 15) is 4.79 Å². The van der Waals surface area contributed by atoms with Crippen molar-refractivity contribution in [3.63, 3.8) is 0 Å². The molecule has 0 radical (unpaired) electrons. The van der Waals surface area contributed by atoms with Crippen molar-refractivity contribution in [2.45, 2.75) is 19.8 Å². The maximum Gasteiger partial charge on any atom is 0.225 e. The number of rotatable bonds is 2. The molecule has 2 heterocycles. The standard InChI is InChI=1S/C13H15N5OS/c1-7(19)15-13-16-9-5-4-8-6-14-12(18(2)3)17-10(8)11(9)20-13/h6H,4-5H2,1-3H3,(H,15,16,19). The summed E-state index contributed by atoms with van der Waals surface area (Å²) in [6.45, 7) is 1.49. The van der Waals surface area contributed by atoms with Crippen molar-refractivity contribution in [3.05, 3.63) is 17.5 Å². The number of carbonyl (C=O) groups is 1. The molecule has 104 valence electrons. The Bertz CT molecular complexity index is 679. The Balaban J connectivity index is 2.06. The van der Waals surface area contributed by atoms with Crippen LogP contribution in [0.4, 0.5) is 11.1 Å². The molecule has 0 aliphatic heterocycles. The number of nitrogens with one attached hydrogen (secondary N) is 1. The van der Waals surface area contributed by atoms with Crippen LogP contribution in [0.2, 0.25) is 0 Å². The Labute approximate surface area is 120 Å². The normalized spacial score (nSPS) is 12.6.